The van der Waals surface area contributed by atoms with Crippen molar-refractivity contribution in [2.24, 2.45) is 0 Å². The first-order valence-electron chi connectivity index (χ1n) is 18.1. The monoisotopic (exact) mass is 846 g/mol. The molecule has 6 amide bonds. The van der Waals surface area contributed by atoms with Crippen molar-refractivity contribution in [1.82, 2.24) is 20.5 Å². The number of carbonyl (C=O) groups is 6. The van der Waals surface area contributed by atoms with Crippen molar-refractivity contribution in [3.05, 3.63) is 109 Å². The number of H-pyrrole nitrogens is 1. The third-order valence-corrected chi connectivity index (χ3v) is 12.4. The molecule has 5 N–H and O–H groups in total. The Morgan fingerprint density at radius 3 is 2.40 bits per heavy atom. The van der Waals surface area contributed by atoms with Crippen LogP contribution < -0.4 is 21.3 Å². The van der Waals surface area contributed by atoms with Crippen molar-refractivity contribution in [2.45, 2.75) is 43.4 Å². The van der Waals surface area contributed by atoms with Gasteiger partial charge in [0.05, 0.1) is 46.1 Å². The van der Waals surface area contributed by atoms with Crippen LogP contribution in [0.2, 0.25) is 10.0 Å². The lowest BCUT2D eigenvalue weighted by molar-refractivity contribution is -0.136. The van der Waals surface area contributed by atoms with Crippen molar-refractivity contribution >= 4 is 91.5 Å². The van der Waals surface area contributed by atoms with Crippen molar-refractivity contribution in [3.8, 4) is 0 Å². The molecule has 1 atom stereocenters. The largest absolute Gasteiger partial charge is 0.382 e. The molecule has 3 aromatic carbocycles. The maximum Gasteiger partial charge on any atom is 0.264 e. The Kier molecular flexibility index (Phi) is 11.3. The average Bonchev–Trinajstić information content (AvgIpc) is 3.74. The minimum Gasteiger partial charge on any atom is -0.382 e. The van der Waals surface area contributed by atoms with Crippen LogP contribution in [0.5, 0.6) is 0 Å². The molecule has 4 heterocycles. The van der Waals surface area contributed by atoms with E-state index in [0.29, 0.717) is 39.5 Å². The molecule has 0 bridgehead atoms. The first-order valence-corrected chi connectivity index (χ1v) is 20.5. The van der Waals surface area contributed by atoms with Crippen molar-refractivity contribution < 1.29 is 41.9 Å². The number of hydrogen-bond acceptors (Lipinski definition) is 10. The van der Waals surface area contributed by atoms with Gasteiger partial charge in [-0.15, -0.1) is 0 Å². The normalized spacial score (nSPS) is 17.0. The maximum absolute atomic E-state index is 13.4. The average molecular weight is 848 g/mol. The fraction of sp³-hybridized carbons (Fsp3) is 0.250. The van der Waals surface area contributed by atoms with Gasteiger partial charge in [0.25, 0.3) is 23.6 Å². The molecule has 58 heavy (non-hydrogen) atoms. The topological polar surface area (TPSA) is 213 Å². The summed E-state index contributed by atoms with van der Waals surface area (Å²) >= 11 is 12.5. The Labute approximate surface area is 342 Å². The zero-order chi connectivity index (χ0) is 41.5. The van der Waals surface area contributed by atoms with E-state index in [1.54, 1.807) is 50.3 Å². The summed E-state index contributed by atoms with van der Waals surface area (Å²) in [4.78, 5) is 80.8. The van der Waals surface area contributed by atoms with Gasteiger partial charge in [0.15, 0.2) is 9.84 Å². The van der Waals surface area contributed by atoms with E-state index < -0.39 is 51.2 Å². The molecular weight excluding hydrogens is 811 g/mol. The summed E-state index contributed by atoms with van der Waals surface area (Å²) in [5.74, 6) is -3.60. The van der Waals surface area contributed by atoms with Gasteiger partial charge in [-0.2, -0.15) is 0 Å². The Hall–Kier alpha value is -5.81. The van der Waals surface area contributed by atoms with Gasteiger partial charge >= 0.3 is 0 Å². The summed E-state index contributed by atoms with van der Waals surface area (Å²) in [6.45, 7) is 4.24. The van der Waals surface area contributed by atoms with E-state index in [-0.39, 0.29) is 82.3 Å². The molecule has 15 nitrogen and oxygen atoms in total. The van der Waals surface area contributed by atoms with Crippen molar-refractivity contribution in [1.29, 1.82) is 0 Å². The van der Waals surface area contributed by atoms with Gasteiger partial charge in [0.2, 0.25) is 11.8 Å². The molecule has 0 aliphatic carbocycles. The number of anilines is 2. The molecule has 7 rings (SSSR count). The number of carbonyl (C=O) groups excluding carboxylic acids is 6. The van der Waals surface area contributed by atoms with E-state index in [1.807, 2.05) is 0 Å². The number of nitrogens with zero attached hydrogens (tertiary/aromatic N) is 1. The minimum atomic E-state index is -3.91. The molecule has 1 fully saturated rings. The predicted molar refractivity (Wildman–Crippen MR) is 215 cm³/mol. The Morgan fingerprint density at radius 1 is 0.931 bits per heavy atom. The van der Waals surface area contributed by atoms with Crippen LogP contribution in [0.3, 0.4) is 0 Å². The number of sulfone groups is 1. The van der Waals surface area contributed by atoms with Crippen LogP contribution in [0.1, 0.15) is 72.0 Å². The fourth-order valence-corrected chi connectivity index (χ4v) is 9.32. The highest BCUT2D eigenvalue weighted by atomic mass is 35.5. The molecule has 300 valence electrons. The number of ether oxygens (including phenoxy) is 1. The third-order valence-electron chi connectivity index (χ3n) is 10.1. The number of aromatic amines is 1. The summed E-state index contributed by atoms with van der Waals surface area (Å²) in [5.41, 5.74) is 4.00. The van der Waals surface area contributed by atoms with E-state index in [1.165, 1.54) is 24.3 Å². The van der Waals surface area contributed by atoms with Gasteiger partial charge in [-0.05, 0) is 74.4 Å². The molecule has 3 aliphatic rings. The Morgan fingerprint density at radius 2 is 1.66 bits per heavy atom. The first kappa shape index (κ1) is 40.4. The minimum absolute atomic E-state index is 0.0179. The number of fused-ring (bicyclic) bond motifs is 2. The number of rotatable bonds is 13. The van der Waals surface area contributed by atoms with E-state index in [2.05, 4.69) is 26.3 Å². The molecule has 18 heteroatoms. The van der Waals surface area contributed by atoms with Gasteiger partial charge in [0, 0.05) is 63.4 Å². The number of benzene rings is 3. The van der Waals surface area contributed by atoms with Crippen LogP contribution in [0.15, 0.2) is 59.5 Å². The highest BCUT2D eigenvalue weighted by molar-refractivity contribution is 7.90. The molecule has 0 saturated carbocycles. The van der Waals surface area contributed by atoms with E-state index >= 15 is 0 Å². The molecule has 4 aromatic rings. The van der Waals surface area contributed by atoms with Gasteiger partial charge < -0.3 is 25.7 Å². The molecule has 1 unspecified atom stereocenters. The maximum atomic E-state index is 13.4. The number of nitrogens with one attached hydrogen (secondary N) is 5. The summed E-state index contributed by atoms with van der Waals surface area (Å²) < 4.78 is 32.5. The lowest BCUT2D eigenvalue weighted by Gasteiger charge is -2.27. The zero-order valence-corrected chi connectivity index (χ0v) is 33.4. The highest BCUT2D eigenvalue weighted by Gasteiger charge is 2.45. The van der Waals surface area contributed by atoms with Crippen LogP contribution >= 0.6 is 23.2 Å². The second-order valence-electron chi connectivity index (χ2n) is 13.8. The zero-order valence-electron chi connectivity index (χ0n) is 31.1. The predicted octanol–water partition coefficient (Wildman–Crippen LogP) is 4.66. The number of hydrogen-bond donors (Lipinski definition) is 5. The summed E-state index contributed by atoms with van der Waals surface area (Å²) in [6, 6.07) is 12.8. The Balaban J connectivity index is 0.941. The molecule has 0 radical (unpaired) electrons. The first-order chi connectivity index (χ1) is 27.7. The van der Waals surface area contributed by atoms with Gasteiger partial charge in [-0.25, -0.2) is 8.42 Å². The number of aromatic nitrogens is 1. The molecule has 1 aromatic heterocycles. The highest BCUT2D eigenvalue weighted by Crippen LogP contribution is 2.37. The lowest BCUT2D eigenvalue weighted by atomic mass is 10.0. The quantitative estimate of drug-likeness (QED) is 0.0713. The summed E-state index contributed by atoms with van der Waals surface area (Å²) in [7, 11) is -3.91. The number of imide groups is 2. The van der Waals surface area contributed by atoms with Crippen molar-refractivity contribution in [3.63, 3.8) is 0 Å². The standard InChI is InChI=1S/C40H36Cl2N6O9S/c1-20-31(18-25-24-17-22(9-10-29(24)46-36(25)50)58(55,56)19-26-27(41)6-4-7-28(26)42)45-21(2)34(20)38(52)44-14-16-57-15-13-43-30-8-3-5-23-35(30)40(54)48(39(23)53)32-11-12-33(49)47-37(32)51/h3-10,17-18,32,43,45H,11-16,19H2,1-2H3,(H,44,52)(H,46,50)(H,47,49,51). The molecule has 0 spiro atoms. The summed E-state index contributed by atoms with van der Waals surface area (Å²) in [5, 5.41) is 11.3. The molecular formula is C40H36Cl2N6O9S. The number of aryl methyl sites for hydroxylation is 1. The smallest absolute Gasteiger partial charge is 0.264 e. The second kappa shape index (κ2) is 16.2. The molecule has 1 saturated heterocycles. The van der Waals surface area contributed by atoms with E-state index in [9.17, 15) is 37.2 Å². The van der Waals surface area contributed by atoms with Crippen LogP contribution in [0, 0.1) is 13.8 Å². The van der Waals surface area contributed by atoms with Crippen LogP contribution in [-0.4, -0.2) is 86.1 Å². The summed E-state index contributed by atoms with van der Waals surface area (Å²) in [6.07, 6.45) is 1.66. The van der Waals surface area contributed by atoms with Crippen LogP contribution in [-0.2, 0) is 34.7 Å². The number of amides is 6. The van der Waals surface area contributed by atoms with Gasteiger partial charge in [-0.1, -0.05) is 35.3 Å². The fourth-order valence-electron chi connectivity index (χ4n) is 7.20. The second-order valence-corrected chi connectivity index (χ2v) is 16.6. The Bertz CT molecular complexity index is 2570. The van der Waals surface area contributed by atoms with Gasteiger partial charge in [-0.3, -0.25) is 39.0 Å². The van der Waals surface area contributed by atoms with Gasteiger partial charge in [0.1, 0.15) is 6.04 Å². The van der Waals surface area contributed by atoms with Crippen molar-refractivity contribution in [2.75, 3.05) is 36.9 Å². The van der Waals surface area contributed by atoms with Crippen LogP contribution in [0.4, 0.5) is 11.4 Å². The number of piperidine rings is 1. The van der Waals surface area contributed by atoms with E-state index in [4.69, 9.17) is 27.9 Å². The SMILES string of the molecule is Cc1[nH]c(C=C2C(=O)Nc3ccc(S(=O)(=O)Cc4c(Cl)cccc4Cl)cc32)c(C)c1C(=O)NCCOCCNc1cccc2c1C(=O)N(C1CCC(=O)NC1=O)C2=O. The van der Waals surface area contributed by atoms with Crippen LogP contribution in [0.25, 0.3) is 11.6 Å². The van der Waals surface area contributed by atoms with E-state index in [0.717, 1.165) is 4.90 Å². The lowest BCUT2D eigenvalue weighted by Crippen LogP contribution is -2.54. The third kappa shape index (κ3) is 7.75. The molecule has 3 aliphatic heterocycles. The number of halogens is 2.